The van der Waals surface area contributed by atoms with Crippen LogP contribution < -0.4 is 10.6 Å². The highest BCUT2D eigenvalue weighted by atomic mass is 16.6. The van der Waals surface area contributed by atoms with E-state index in [0.29, 0.717) is 12.0 Å². The number of carbonyl (C=O) groups excluding carboxylic acids is 3. The number of hydrogen-bond donors (Lipinski definition) is 2. The molecule has 0 aromatic heterocycles. The van der Waals surface area contributed by atoms with Crippen molar-refractivity contribution in [3.05, 3.63) is 35.4 Å². The zero-order valence-corrected chi connectivity index (χ0v) is 21.1. The molecule has 3 amide bonds. The van der Waals surface area contributed by atoms with Crippen molar-refractivity contribution < 1.29 is 19.1 Å². The summed E-state index contributed by atoms with van der Waals surface area (Å²) < 4.78 is 5.34. The van der Waals surface area contributed by atoms with Crippen molar-refractivity contribution in [3.63, 3.8) is 0 Å². The van der Waals surface area contributed by atoms with E-state index in [9.17, 15) is 19.6 Å². The molecule has 0 fully saturated rings. The van der Waals surface area contributed by atoms with Gasteiger partial charge in [0.15, 0.2) is 0 Å². The lowest BCUT2D eigenvalue weighted by atomic mass is 9.96. The van der Waals surface area contributed by atoms with Crippen LogP contribution in [0.3, 0.4) is 0 Å². The number of ether oxygens (including phenoxy) is 1. The second kappa shape index (κ2) is 12.2. The molecule has 1 rings (SSSR count). The highest BCUT2D eigenvalue weighted by Crippen LogP contribution is 2.26. The average molecular weight is 459 g/mol. The van der Waals surface area contributed by atoms with E-state index in [1.54, 1.807) is 32.9 Å². The van der Waals surface area contributed by atoms with Crippen LogP contribution in [0.2, 0.25) is 0 Å². The van der Waals surface area contributed by atoms with Gasteiger partial charge in [0.2, 0.25) is 11.8 Å². The van der Waals surface area contributed by atoms with Crippen LogP contribution in [0, 0.1) is 24.2 Å². The lowest BCUT2D eigenvalue weighted by Crippen LogP contribution is -2.54. The largest absolute Gasteiger partial charge is 0.444 e. The smallest absolute Gasteiger partial charge is 0.408 e. The normalized spacial score (nSPS) is 13.1. The molecule has 0 aliphatic heterocycles. The molecule has 8 heteroatoms. The van der Waals surface area contributed by atoms with Crippen molar-refractivity contribution in [1.82, 2.24) is 15.5 Å². The van der Waals surface area contributed by atoms with Gasteiger partial charge < -0.3 is 20.3 Å². The molecule has 0 bridgehead atoms. The fraction of sp³-hybridized carbons (Fsp3) is 0.600. The van der Waals surface area contributed by atoms with Crippen LogP contribution in [0.25, 0.3) is 0 Å². The minimum absolute atomic E-state index is 0.0687. The van der Waals surface area contributed by atoms with Crippen molar-refractivity contribution in [2.24, 2.45) is 5.92 Å². The summed E-state index contributed by atoms with van der Waals surface area (Å²) in [5.41, 5.74) is 0.709. The van der Waals surface area contributed by atoms with Gasteiger partial charge in [0, 0.05) is 6.04 Å². The standard InChI is InChI=1S/C25H38N4O4/c1-16(2)15-20(28-24(32)33-25(6,7)8)23(31)29(14-13-26)21(22(30)27-17(3)4)19-12-10-9-11-18(19)5/h9-12,16-17,20-21H,14-15H2,1-8H3,(H,27,30)(H,28,32). The van der Waals surface area contributed by atoms with Crippen molar-refractivity contribution in [1.29, 1.82) is 5.26 Å². The van der Waals surface area contributed by atoms with Crippen LogP contribution in [0.4, 0.5) is 4.79 Å². The Hall–Kier alpha value is -3.08. The fourth-order valence-electron chi connectivity index (χ4n) is 3.42. The number of hydrogen-bond acceptors (Lipinski definition) is 5. The molecular weight excluding hydrogens is 420 g/mol. The molecule has 182 valence electrons. The van der Waals surface area contributed by atoms with E-state index in [4.69, 9.17) is 4.74 Å². The molecule has 0 heterocycles. The SMILES string of the molecule is Cc1ccccc1C(C(=O)NC(C)C)N(CC#N)C(=O)C(CC(C)C)NC(=O)OC(C)(C)C. The van der Waals surface area contributed by atoms with Crippen molar-refractivity contribution in [2.75, 3.05) is 6.54 Å². The van der Waals surface area contributed by atoms with E-state index >= 15 is 0 Å². The molecule has 2 N–H and O–H groups in total. The van der Waals surface area contributed by atoms with Crippen molar-refractivity contribution in [2.45, 2.75) is 85.5 Å². The maximum atomic E-state index is 13.7. The predicted molar refractivity (Wildman–Crippen MR) is 127 cm³/mol. The van der Waals surface area contributed by atoms with Gasteiger partial charge in [0.25, 0.3) is 0 Å². The molecule has 1 aromatic carbocycles. The molecule has 0 radical (unpaired) electrons. The monoisotopic (exact) mass is 458 g/mol. The molecule has 0 aliphatic rings. The predicted octanol–water partition coefficient (Wildman–Crippen LogP) is 3.85. The van der Waals surface area contributed by atoms with Crippen molar-refractivity contribution in [3.8, 4) is 6.07 Å². The molecule has 2 atom stereocenters. The Morgan fingerprint density at radius 2 is 1.70 bits per heavy atom. The molecule has 0 spiro atoms. The second-order valence-electron chi connectivity index (χ2n) is 9.88. The summed E-state index contributed by atoms with van der Waals surface area (Å²) in [4.78, 5) is 40.7. The number of rotatable bonds is 9. The first-order valence-electron chi connectivity index (χ1n) is 11.3. The highest BCUT2D eigenvalue weighted by Gasteiger charge is 2.37. The molecule has 0 saturated heterocycles. The minimum Gasteiger partial charge on any atom is -0.444 e. The number of carbonyl (C=O) groups is 3. The third-order valence-corrected chi connectivity index (χ3v) is 4.69. The van der Waals surface area contributed by atoms with Crippen LogP contribution in [0.1, 0.15) is 72.1 Å². The first-order valence-corrected chi connectivity index (χ1v) is 11.3. The quantitative estimate of drug-likeness (QED) is 0.546. The Balaban J connectivity index is 3.44. The van der Waals surface area contributed by atoms with Gasteiger partial charge in [-0.05, 0) is 65.0 Å². The summed E-state index contributed by atoms with van der Waals surface area (Å²) in [5.74, 6) is -0.828. The van der Waals surface area contributed by atoms with Gasteiger partial charge in [-0.25, -0.2) is 4.79 Å². The molecular formula is C25H38N4O4. The molecule has 33 heavy (non-hydrogen) atoms. The molecule has 1 aromatic rings. The maximum Gasteiger partial charge on any atom is 0.408 e. The first-order chi connectivity index (χ1) is 15.3. The van der Waals surface area contributed by atoms with Crippen LogP contribution in [-0.2, 0) is 14.3 Å². The maximum absolute atomic E-state index is 13.7. The third-order valence-electron chi connectivity index (χ3n) is 4.69. The average Bonchev–Trinajstić information content (AvgIpc) is 2.65. The van der Waals surface area contributed by atoms with E-state index in [1.165, 1.54) is 4.90 Å². The van der Waals surface area contributed by atoms with Gasteiger partial charge in [0.1, 0.15) is 24.2 Å². The van der Waals surface area contributed by atoms with Gasteiger partial charge in [-0.3, -0.25) is 9.59 Å². The summed E-state index contributed by atoms with van der Waals surface area (Å²) >= 11 is 0. The Kier molecular flexibility index (Phi) is 10.4. The number of benzene rings is 1. The summed E-state index contributed by atoms with van der Waals surface area (Å²) in [6.07, 6.45) is -0.399. The van der Waals surface area contributed by atoms with Crippen molar-refractivity contribution >= 4 is 17.9 Å². The molecule has 8 nitrogen and oxygen atoms in total. The van der Waals surface area contributed by atoms with E-state index in [0.717, 1.165) is 5.56 Å². The lowest BCUT2D eigenvalue weighted by Gasteiger charge is -2.34. The summed E-state index contributed by atoms with van der Waals surface area (Å²) in [7, 11) is 0. The summed E-state index contributed by atoms with van der Waals surface area (Å²) in [6.45, 7) is 14.3. The van der Waals surface area contributed by atoms with Crippen LogP contribution >= 0.6 is 0 Å². The molecule has 0 saturated carbocycles. The zero-order chi connectivity index (χ0) is 25.3. The number of alkyl carbamates (subject to hydrolysis) is 1. The van der Waals surface area contributed by atoms with E-state index < -0.39 is 29.7 Å². The summed E-state index contributed by atoms with van der Waals surface area (Å²) in [6, 6.07) is 7.14. The highest BCUT2D eigenvalue weighted by molar-refractivity contribution is 5.92. The van der Waals surface area contributed by atoms with Gasteiger partial charge >= 0.3 is 6.09 Å². The Labute approximate surface area is 197 Å². The lowest BCUT2D eigenvalue weighted by molar-refractivity contribution is -0.142. The topological polar surface area (TPSA) is 112 Å². The fourth-order valence-corrected chi connectivity index (χ4v) is 3.42. The summed E-state index contributed by atoms with van der Waals surface area (Å²) in [5, 5.41) is 15.0. The van der Waals surface area contributed by atoms with E-state index in [1.807, 2.05) is 52.8 Å². The van der Waals surface area contributed by atoms with Gasteiger partial charge in [-0.1, -0.05) is 38.1 Å². The van der Waals surface area contributed by atoms with Gasteiger partial charge in [-0.2, -0.15) is 5.26 Å². The van der Waals surface area contributed by atoms with E-state index in [2.05, 4.69) is 10.6 Å². The molecule has 0 aliphatic carbocycles. The number of nitrogens with one attached hydrogen (secondary N) is 2. The van der Waals surface area contributed by atoms with E-state index in [-0.39, 0.29) is 24.4 Å². The number of aryl methyl sites for hydroxylation is 1. The minimum atomic E-state index is -1.02. The Bertz CT molecular complexity index is 868. The number of nitrogens with zero attached hydrogens (tertiary/aromatic N) is 2. The second-order valence-corrected chi connectivity index (χ2v) is 9.88. The Morgan fingerprint density at radius 3 is 2.18 bits per heavy atom. The third kappa shape index (κ3) is 9.13. The zero-order valence-electron chi connectivity index (χ0n) is 21.1. The number of amides is 3. The number of nitriles is 1. The van der Waals surface area contributed by atoms with Gasteiger partial charge in [0.05, 0.1) is 6.07 Å². The van der Waals surface area contributed by atoms with Crippen LogP contribution in [0.5, 0.6) is 0 Å². The molecule has 2 unspecified atom stereocenters. The van der Waals surface area contributed by atoms with Gasteiger partial charge in [-0.15, -0.1) is 0 Å². The first kappa shape index (κ1) is 28.0. The van der Waals surface area contributed by atoms with Crippen LogP contribution in [-0.4, -0.2) is 47.0 Å². The van der Waals surface area contributed by atoms with Crippen LogP contribution in [0.15, 0.2) is 24.3 Å². The Morgan fingerprint density at radius 1 is 1.09 bits per heavy atom.